The summed E-state index contributed by atoms with van der Waals surface area (Å²) in [7, 11) is 0. The third-order valence-corrected chi connectivity index (χ3v) is 2.90. The van der Waals surface area contributed by atoms with Crippen LogP contribution in [0, 0.1) is 6.58 Å². The van der Waals surface area contributed by atoms with Gasteiger partial charge in [-0.1, -0.05) is 18.7 Å². The predicted octanol–water partition coefficient (Wildman–Crippen LogP) is 2.83. The topological polar surface area (TPSA) is 0 Å². The Morgan fingerprint density at radius 3 is 3.22 bits per heavy atom. The zero-order chi connectivity index (χ0) is 6.53. The van der Waals surface area contributed by atoms with Crippen molar-refractivity contribution in [3.63, 3.8) is 0 Å². The molecule has 0 atom stereocenters. The maximum Gasteiger partial charge on any atom is 0.0601 e. The third-order valence-electron chi connectivity index (χ3n) is 0.817. The lowest BCUT2D eigenvalue weighted by Gasteiger charge is -1.87. The molecule has 0 saturated carbocycles. The molecule has 0 nitrogen and oxygen atoms in total. The predicted molar refractivity (Wildman–Crippen MR) is 43.9 cm³/mol. The van der Waals surface area contributed by atoms with Gasteiger partial charge in [0.1, 0.15) is 0 Å². The van der Waals surface area contributed by atoms with Crippen LogP contribution in [-0.2, 0) is 0 Å². The van der Waals surface area contributed by atoms with E-state index < -0.39 is 0 Å². The van der Waals surface area contributed by atoms with Crippen molar-refractivity contribution in [1.29, 1.82) is 0 Å². The maximum absolute atomic E-state index is 5.20. The van der Waals surface area contributed by atoms with E-state index in [0.717, 1.165) is 5.75 Å². The first kappa shape index (κ1) is 6.90. The number of rotatable bonds is 3. The highest BCUT2D eigenvalue weighted by Gasteiger charge is 1.88. The summed E-state index contributed by atoms with van der Waals surface area (Å²) in [6.45, 7) is 5.20. The van der Waals surface area contributed by atoms with E-state index in [-0.39, 0.29) is 0 Å². The molecule has 1 aromatic rings. The molecule has 0 aliphatic rings. The van der Waals surface area contributed by atoms with Crippen molar-refractivity contribution in [2.24, 2.45) is 0 Å². The van der Waals surface area contributed by atoms with Gasteiger partial charge in [-0.05, 0) is 11.4 Å². The van der Waals surface area contributed by atoms with Crippen molar-refractivity contribution < 1.29 is 0 Å². The zero-order valence-electron chi connectivity index (χ0n) is 4.91. The summed E-state index contributed by atoms with van der Waals surface area (Å²) in [6, 6.07) is 4.14. The van der Waals surface area contributed by atoms with Gasteiger partial charge in [0.25, 0.3) is 0 Å². The maximum atomic E-state index is 5.20. The second-order valence-corrected chi connectivity index (χ2v) is 3.75. The van der Waals surface area contributed by atoms with Crippen LogP contribution >= 0.6 is 23.1 Å². The van der Waals surface area contributed by atoms with E-state index in [2.05, 4.69) is 11.4 Å². The summed E-state index contributed by atoms with van der Waals surface area (Å²) in [5.41, 5.74) is 0. The molecule has 1 heterocycles. The monoisotopic (exact) mass is 155 g/mol. The molecule has 0 aromatic carbocycles. The van der Waals surface area contributed by atoms with Gasteiger partial charge in [-0.15, -0.1) is 23.1 Å². The Morgan fingerprint density at radius 2 is 2.67 bits per heavy atom. The minimum Gasteiger partial charge on any atom is -0.137 e. The molecule has 9 heavy (non-hydrogen) atoms. The Labute approximate surface area is 63.6 Å². The lowest BCUT2D eigenvalue weighted by Crippen LogP contribution is -1.63. The average molecular weight is 155 g/mol. The van der Waals surface area contributed by atoms with Gasteiger partial charge >= 0.3 is 0 Å². The van der Waals surface area contributed by atoms with Crippen LogP contribution in [0.15, 0.2) is 27.8 Å². The number of hydrogen-bond donors (Lipinski definition) is 0. The summed E-state index contributed by atoms with van der Waals surface area (Å²) < 4.78 is 1.33. The highest BCUT2D eigenvalue weighted by Crippen LogP contribution is 2.22. The van der Waals surface area contributed by atoms with Crippen LogP contribution < -0.4 is 0 Å². The molecule has 0 aliphatic heterocycles. The van der Waals surface area contributed by atoms with Crippen LogP contribution in [0.5, 0.6) is 0 Å². The van der Waals surface area contributed by atoms with Gasteiger partial charge in [0.15, 0.2) is 0 Å². The first-order chi connectivity index (χ1) is 4.43. The first-order valence-electron chi connectivity index (χ1n) is 2.63. The second-order valence-electron chi connectivity index (χ2n) is 1.48. The average Bonchev–Trinajstić information content (AvgIpc) is 2.34. The number of thioether (sulfide) groups is 1. The highest BCUT2D eigenvalue weighted by molar-refractivity contribution is 8.01. The summed E-state index contributed by atoms with van der Waals surface area (Å²) in [5, 5.41) is 2.07. The Kier molecular flexibility index (Phi) is 2.87. The van der Waals surface area contributed by atoms with Gasteiger partial charge in [-0.25, -0.2) is 0 Å². The Balaban J connectivity index is 2.38. The molecule has 0 unspecified atom stereocenters. The lowest BCUT2D eigenvalue weighted by molar-refractivity contribution is 1.69. The van der Waals surface area contributed by atoms with Crippen LogP contribution in [0.25, 0.3) is 0 Å². The van der Waals surface area contributed by atoms with Crippen LogP contribution in [0.3, 0.4) is 0 Å². The molecule has 0 amide bonds. The minimum atomic E-state index is 0.903. The van der Waals surface area contributed by atoms with Crippen molar-refractivity contribution in [2.75, 3.05) is 5.75 Å². The highest BCUT2D eigenvalue weighted by atomic mass is 32.2. The van der Waals surface area contributed by atoms with Crippen LogP contribution in [0.2, 0.25) is 0 Å². The van der Waals surface area contributed by atoms with Gasteiger partial charge in [-0.2, -0.15) is 0 Å². The fourth-order valence-corrected chi connectivity index (χ4v) is 2.00. The Morgan fingerprint density at radius 1 is 1.78 bits per heavy atom. The van der Waals surface area contributed by atoms with E-state index in [0.29, 0.717) is 0 Å². The molecule has 0 spiro atoms. The van der Waals surface area contributed by atoms with Crippen molar-refractivity contribution in [1.82, 2.24) is 0 Å². The molecular formula is C7H7S2. The molecule has 1 radical (unpaired) electrons. The molecule has 2 heteroatoms. The first-order valence-corrected chi connectivity index (χ1v) is 4.49. The van der Waals surface area contributed by atoms with Crippen molar-refractivity contribution in [3.8, 4) is 0 Å². The van der Waals surface area contributed by atoms with Gasteiger partial charge in [0.2, 0.25) is 0 Å². The fourth-order valence-electron chi connectivity index (χ4n) is 0.476. The summed E-state index contributed by atoms with van der Waals surface area (Å²) >= 11 is 3.52. The van der Waals surface area contributed by atoms with Gasteiger partial charge in [0, 0.05) is 5.75 Å². The van der Waals surface area contributed by atoms with Gasteiger partial charge in [-0.3, -0.25) is 0 Å². The Bertz CT molecular complexity index is 165. The van der Waals surface area contributed by atoms with E-state index in [1.54, 1.807) is 29.2 Å². The number of hydrogen-bond acceptors (Lipinski definition) is 2. The molecule has 0 fully saturated rings. The minimum absolute atomic E-state index is 0.903. The molecule has 0 N–H and O–H groups in total. The molecule has 1 aromatic heterocycles. The van der Waals surface area contributed by atoms with E-state index in [9.17, 15) is 0 Å². The Hall–Kier alpha value is -0.210. The molecular weight excluding hydrogens is 148 g/mol. The van der Waals surface area contributed by atoms with Crippen molar-refractivity contribution in [3.05, 3.63) is 30.2 Å². The molecule has 0 saturated heterocycles. The molecule has 0 aliphatic carbocycles. The summed E-state index contributed by atoms with van der Waals surface area (Å²) in [5.74, 6) is 0.903. The smallest absolute Gasteiger partial charge is 0.0601 e. The van der Waals surface area contributed by atoms with Crippen LogP contribution in [-0.4, -0.2) is 5.75 Å². The number of thiophene rings is 1. The normalized spacial score (nSPS) is 9.33. The zero-order valence-corrected chi connectivity index (χ0v) is 6.54. The van der Waals surface area contributed by atoms with Crippen molar-refractivity contribution in [2.45, 2.75) is 4.21 Å². The van der Waals surface area contributed by atoms with E-state index in [1.165, 1.54) is 4.21 Å². The second kappa shape index (κ2) is 3.75. The van der Waals surface area contributed by atoms with Crippen molar-refractivity contribution >= 4 is 23.1 Å². The van der Waals surface area contributed by atoms with E-state index in [1.807, 2.05) is 6.07 Å². The molecule has 47 valence electrons. The van der Waals surface area contributed by atoms with E-state index in [4.69, 9.17) is 6.58 Å². The van der Waals surface area contributed by atoms with Gasteiger partial charge in [0.05, 0.1) is 4.21 Å². The molecule has 0 bridgehead atoms. The largest absolute Gasteiger partial charge is 0.137 e. The molecule has 1 rings (SSSR count). The third kappa shape index (κ3) is 2.24. The quantitative estimate of drug-likeness (QED) is 0.605. The van der Waals surface area contributed by atoms with Crippen LogP contribution in [0.4, 0.5) is 0 Å². The SMILES string of the molecule is [CH]=CCSc1cccs1. The van der Waals surface area contributed by atoms with E-state index >= 15 is 0 Å². The lowest BCUT2D eigenvalue weighted by atomic mass is 10.7. The standard InChI is InChI=1S/C7H7S2/c1-2-5-8-7-4-3-6-9-7/h1-4,6H,5H2. The summed E-state index contributed by atoms with van der Waals surface area (Å²) in [6.07, 6.45) is 1.67. The fraction of sp³-hybridized carbons (Fsp3) is 0.143. The van der Waals surface area contributed by atoms with Gasteiger partial charge < -0.3 is 0 Å². The summed E-state index contributed by atoms with van der Waals surface area (Å²) in [4.78, 5) is 0. The van der Waals surface area contributed by atoms with Crippen LogP contribution in [0.1, 0.15) is 0 Å².